The van der Waals surface area contributed by atoms with Crippen LogP contribution in [0.25, 0.3) is 0 Å². The summed E-state index contributed by atoms with van der Waals surface area (Å²) in [6.07, 6.45) is 1.07. The molecule has 0 spiro atoms. The minimum Gasteiger partial charge on any atom is -0.393 e. The van der Waals surface area contributed by atoms with Gasteiger partial charge in [0.15, 0.2) is 0 Å². The molecule has 0 atom stereocenters. The second-order valence-electron chi connectivity index (χ2n) is 6.20. The van der Waals surface area contributed by atoms with Gasteiger partial charge in [-0.2, -0.15) is 0 Å². The minimum absolute atomic E-state index is 0.237. The van der Waals surface area contributed by atoms with Crippen LogP contribution in [-0.2, 0) is 13.1 Å². The van der Waals surface area contributed by atoms with Gasteiger partial charge in [0.1, 0.15) is 11.6 Å². The van der Waals surface area contributed by atoms with E-state index in [9.17, 15) is 13.9 Å². The van der Waals surface area contributed by atoms with Crippen LogP contribution in [0.2, 0.25) is 0 Å². The van der Waals surface area contributed by atoms with Crippen molar-refractivity contribution < 1.29 is 13.9 Å². The molecule has 3 nitrogen and oxygen atoms in total. The lowest BCUT2D eigenvalue weighted by Gasteiger charge is -2.31. The zero-order valence-corrected chi connectivity index (χ0v) is 13.5. The molecule has 1 aliphatic heterocycles. The van der Waals surface area contributed by atoms with E-state index < -0.39 is 0 Å². The first-order valence-corrected chi connectivity index (χ1v) is 8.29. The zero-order valence-electron chi connectivity index (χ0n) is 13.5. The lowest BCUT2D eigenvalue weighted by Crippen LogP contribution is -2.36. The first-order chi connectivity index (χ1) is 11.6. The molecule has 0 saturated carbocycles. The van der Waals surface area contributed by atoms with Gasteiger partial charge in [0.2, 0.25) is 0 Å². The van der Waals surface area contributed by atoms with Crippen LogP contribution in [0.5, 0.6) is 0 Å². The van der Waals surface area contributed by atoms with Crippen LogP contribution in [-0.4, -0.2) is 24.3 Å². The number of aliphatic hydroxyl groups is 1. The highest BCUT2D eigenvalue weighted by Crippen LogP contribution is 2.24. The Morgan fingerprint density at radius 1 is 1.00 bits per heavy atom. The highest BCUT2D eigenvalue weighted by molar-refractivity contribution is 5.49. The molecule has 1 fully saturated rings. The van der Waals surface area contributed by atoms with Crippen molar-refractivity contribution in [3.63, 3.8) is 0 Å². The Balaban J connectivity index is 1.57. The van der Waals surface area contributed by atoms with Crippen LogP contribution in [0.3, 0.4) is 0 Å². The largest absolute Gasteiger partial charge is 0.393 e. The monoisotopic (exact) mass is 332 g/mol. The van der Waals surface area contributed by atoms with Crippen molar-refractivity contribution in [1.82, 2.24) is 5.32 Å². The van der Waals surface area contributed by atoms with Gasteiger partial charge in [-0.15, -0.1) is 0 Å². The van der Waals surface area contributed by atoms with Crippen LogP contribution in [0.4, 0.5) is 14.5 Å². The van der Waals surface area contributed by atoms with Crippen LogP contribution in [0.1, 0.15) is 24.0 Å². The second-order valence-corrected chi connectivity index (χ2v) is 6.20. The number of benzene rings is 2. The standard InChI is InChI=1S/C19H22F2N2O/c20-17-4-2-1-3-15(17)13-22-12-14-5-6-19(18(21)11-14)23-9-7-16(24)8-10-23/h1-6,11,16,22,24H,7-10,12-13H2. The van der Waals surface area contributed by atoms with Crippen molar-refractivity contribution in [1.29, 1.82) is 0 Å². The first kappa shape index (κ1) is 16.9. The molecule has 1 heterocycles. The van der Waals surface area contributed by atoms with Crippen molar-refractivity contribution >= 4 is 5.69 Å². The second kappa shape index (κ2) is 7.73. The molecule has 1 aliphatic rings. The molecule has 2 N–H and O–H groups in total. The van der Waals surface area contributed by atoms with Gasteiger partial charge in [-0.3, -0.25) is 0 Å². The Morgan fingerprint density at radius 2 is 1.75 bits per heavy atom. The van der Waals surface area contributed by atoms with Crippen LogP contribution in [0.15, 0.2) is 42.5 Å². The van der Waals surface area contributed by atoms with Gasteiger partial charge in [-0.1, -0.05) is 24.3 Å². The van der Waals surface area contributed by atoms with E-state index in [0.29, 0.717) is 50.3 Å². The number of aliphatic hydroxyl groups excluding tert-OH is 1. The molecule has 24 heavy (non-hydrogen) atoms. The maximum atomic E-state index is 14.4. The molecule has 2 aromatic rings. The van der Waals surface area contributed by atoms with Crippen molar-refractivity contribution in [3.05, 3.63) is 65.2 Å². The van der Waals surface area contributed by atoms with Crippen molar-refractivity contribution in [2.45, 2.75) is 32.0 Å². The van der Waals surface area contributed by atoms with E-state index in [1.165, 1.54) is 12.1 Å². The van der Waals surface area contributed by atoms with Gasteiger partial charge in [-0.05, 0) is 36.6 Å². The number of halogens is 2. The summed E-state index contributed by atoms with van der Waals surface area (Å²) in [4.78, 5) is 1.97. The van der Waals surface area contributed by atoms with Crippen LogP contribution in [0, 0.1) is 11.6 Å². The topological polar surface area (TPSA) is 35.5 Å². The van der Waals surface area contributed by atoms with Gasteiger partial charge >= 0.3 is 0 Å². The summed E-state index contributed by atoms with van der Waals surface area (Å²) in [5.74, 6) is -0.490. The number of rotatable bonds is 5. The molecule has 0 amide bonds. The average Bonchev–Trinajstić information content (AvgIpc) is 2.58. The third kappa shape index (κ3) is 4.10. The summed E-state index contributed by atoms with van der Waals surface area (Å²) in [5, 5.41) is 12.7. The Hall–Kier alpha value is -1.98. The highest BCUT2D eigenvalue weighted by Gasteiger charge is 2.19. The summed E-state index contributed by atoms with van der Waals surface area (Å²) < 4.78 is 27.9. The number of piperidine rings is 1. The molecule has 1 saturated heterocycles. The molecule has 128 valence electrons. The Bertz CT molecular complexity index is 685. The van der Waals surface area contributed by atoms with Gasteiger partial charge in [0.05, 0.1) is 11.8 Å². The number of nitrogens with one attached hydrogen (secondary N) is 1. The van der Waals surface area contributed by atoms with Gasteiger partial charge in [-0.25, -0.2) is 8.78 Å². The number of hydrogen-bond acceptors (Lipinski definition) is 3. The Morgan fingerprint density at radius 3 is 2.46 bits per heavy atom. The SMILES string of the molecule is OC1CCN(c2ccc(CNCc3ccccc3F)cc2F)CC1. The number of anilines is 1. The predicted octanol–water partition coefficient (Wildman–Crippen LogP) is 3.22. The Labute approximate surface area is 140 Å². The molecule has 3 rings (SSSR count). The molecule has 2 aromatic carbocycles. The molecular weight excluding hydrogens is 310 g/mol. The van der Waals surface area contributed by atoms with Crippen LogP contribution >= 0.6 is 0 Å². The van der Waals surface area contributed by atoms with E-state index in [0.717, 1.165) is 5.56 Å². The lowest BCUT2D eigenvalue weighted by molar-refractivity contribution is 0.145. The molecule has 5 heteroatoms. The maximum Gasteiger partial charge on any atom is 0.146 e. The van der Waals surface area contributed by atoms with Gasteiger partial charge in [0.25, 0.3) is 0 Å². The third-order valence-corrected chi connectivity index (χ3v) is 4.42. The fraction of sp³-hybridized carbons (Fsp3) is 0.368. The van der Waals surface area contributed by atoms with Crippen molar-refractivity contribution in [2.75, 3.05) is 18.0 Å². The van der Waals surface area contributed by atoms with Crippen molar-refractivity contribution in [3.8, 4) is 0 Å². The average molecular weight is 332 g/mol. The Kier molecular flexibility index (Phi) is 5.43. The lowest BCUT2D eigenvalue weighted by atomic mass is 10.1. The molecule has 0 aromatic heterocycles. The summed E-state index contributed by atoms with van der Waals surface area (Å²) in [5.41, 5.74) is 2.01. The maximum absolute atomic E-state index is 14.4. The van der Waals surface area contributed by atoms with Gasteiger partial charge in [0, 0.05) is 31.7 Å². The minimum atomic E-state index is -0.272. The molecule has 0 unspecified atom stereocenters. The quantitative estimate of drug-likeness (QED) is 0.882. The smallest absolute Gasteiger partial charge is 0.146 e. The highest BCUT2D eigenvalue weighted by atomic mass is 19.1. The number of hydrogen-bond donors (Lipinski definition) is 2. The van der Waals surface area contributed by atoms with E-state index in [1.807, 2.05) is 11.0 Å². The molecule has 0 bridgehead atoms. The first-order valence-electron chi connectivity index (χ1n) is 8.29. The molecule has 0 radical (unpaired) electrons. The summed E-state index contributed by atoms with van der Waals surface area (Å²) in [6, 6.07) is 11.8. The molecular formula is C19H22F2N2O. The van der Waals surface area contributed by atoms with Crippen molar-refractivity contribution in [2.24, 2.45) is 0 Å². The summed E-state index contributed by atoms with van der Waals surface area (Å²) >= 11 is 0. The third-order valence-electron chi connectivity index (χ3n) is 4.42. The molecule has 0 aliphatic carbocycles. The summed E-state index contributed by atoms with van der Waals surface area (Å²) in [7, 11) is 0. The van der Waals surface area contributed by atoms with E-state index in [1.54, 1.807) is 24.3 Å². The van der Waals surface area contributed by atoms with E-state index in [4.69, 9.17) is 0 Å². The van der Waals surface area contributed by atoms with E-state index >= 15 is 0 Å². The van der Waals surface area contributed by atoms with Gasteiger partial charge < -0.3 is 15.3 Å². The number of nitrogens with zero attached hydrogens (tertiary/aromatic N) is 1. The van der Waals surface area contributed by atoms with E-state index in [2.05, 4.69) is 5.32 Å². The normalized spacial score (nSPS) is 15.7. The fourth-order valence-electron chi connectivity index (χ4n) is 3.01. The fourth-order valence-corrected chi connectivity index (χ4v) is 3.01. The predicted molar refractivity (Wildman–Crippen MR) is 90.8 cm³/mol. The van der Waals surface area contributed by atoms with E-state index in [-0.39, 0.29) is 17.7 Å². The van der Waals surface area contributed by atoms with Crippen LogP contribution < -0.4 is 10.2 Å². The summed E-state index contributed by atoms with van der Waals surface area (Å²) in [6.45, 7) is 2.22. The zero-order chi connectivity index (χ0) is 16.9.